The zero-order valence-electron chi connectivity index (χ0n) is 12.2. The summed E-state index contributed by atoms with van der Waals surface area (Å²) in [5.74, 6) is 0.263. The molecule has 0 aliphatic carbocycles. The van der Waals surface area contributed by atoms with Crippen molar-refractivity contribution in [1.29, 1.82) is 0 Å². The second-order valence-electron chi connectivity index (χ2n) is 5.10. The Morgan fingerprint density at radius 3 is 2.95 bits per heavy atom. The minimum atomic E-state index is -3.48. The van der Waals surface area contributed by atoms with Crippen LogP contribution in [0.5, 0.6) is 0 Å². The Morgan fingerprint density at radius 2 is 2.29 bits per heavy atom. The molecule has 0 radical (unpaired) electrons. The van der Waals surface area contributed by atoms with E-state index in [4.69, 9.17) is 4.74 Å². The topological polar surface area (TPSA) is 67.4 Å². The number of thiophene rings is 1. The lowest BCUT2D eigenvalue weighted by Crippen LogP contribution is -2.32. The van der Waals surface area contributed by atoms with Gasteiger partial charge in [0.25, 0.3) is 0 Å². The van der Waals surface area contributed by atoms with Crippen molar-refractivity contribution in [3.05, 3.63) is 14.7 Å². The van der Waals surface area contributed by atoms with Gasteiger partial charge in [-0.2, -0.15) is 0 Å². The second-order valence-corrected chi connectivity index (χ2v) is 9.29. The molecule has 0 bridgehead atoms. The number of halogens is 1. The Morgan fingerprint density at radius 1 is 1.52 bits per heavy atom. The summed E-state index contributed by atoms with van der Waals surface area (Å²) in [6.07, 6.45) is 2.00. The van der Waals surface area contributed by atoms with Crippen LogP contribution in [-0.4, -0.2) is 34.7 Å². The first-order valence-corrected chi connectivity index (χ1v) is 10.1. The summed E-state index contributed by atoms with van der Waals surface area (Å²) in [4.78, 5) is 1.31. The van der Waals surface area contributed by atoms with Crippen LogP contribution >= 0.6 is 27.3 Å². The molecule has 2 heterocycles. The van der Waals surface area contributed by atoms with Gasteiger partial charge in [-0.1, -0.05) is 6.92 Å². The fraction of sp³-hybridized carbons (Fsp3) is 0.692. The van der Waals surface area contributed by atoms with Crippen molar-refractivity contribution in [1.82, 2.24) is 10.0 Å². The van der Waals surface area contributed by atoms with E-state index >= 15 is 0 Å². The molecule has 2 unspecified atom stereocenters. The highest BCUT2D eigenvalue weighted by molar-refractivity contribution is 9.11. The Kier molecular flexibility index (Phi) is 6.22. The lowest BCUT2D eigenvalue weighted by molar-refractivity contribution is 0.0884. The van der Waals surface area contributed by atoms with E-state index < -0.39 is 10.0 Å². The van der Waals surface area contributed by atoms with Gasteiger partial charge < -0.3 is 10.1 Å². The van der Waals surface area contributed by atoms with Crippen LogP contribution in [0.25, 0.3) is 0 Å². The maximum Gasteiger partial charge on any atom is 0.242 e. The molecule has 1 aromatic rings. The molecule has 0 spiro atoms. The molecule has 21 heavy (non-hydrogen) atoms. The molecule has 1 saturated heterocycles. The van der Waals surface area contributed by atoms with Crippen molar-refractivity contribution in [2.24, 2.45) is 5.92 Å². The first-order chi connectivity index (χ1) is 9.97. The average molecular weight is 397 g/mol. The molecule has 0 aromatic carbocycles. The molecular weight excluding hydrogens is 376 g/mol. The SMILES string of the molecule is CCC1OCCC1CNS(=O)(=O)c1cc(CNC)sc1Br. The molecule has 5 nitrogen and oxygen atoms in total. The highest BCUT2D eigenvalue weighted by Gasteiger charge is 2.29. The van der Waals surface area contributed by atoms with Crippen LogP contribution in [0.3, 0.4) is 0 Å². The Bertz CT molecular complexity index is 574. The van der Waals surface area contributed by atoms with Gasteiger partial charge in [-0.15, -0.1) is 11.3 Å². The van der Waals surface area contributed by atoms with E-state index in [1.54, 1.807) is 6.07 Å². The minimum absolute atomic E-state index is 0.165. The largest absolute Gasteiger partial charge is 0.378 e. The lowest BCUT2D eigenvalue weighted by Gasteiger charge is -2.17. The van der Waals surface area contributed by atoms with Gasteiger partial charge in [0.1, 0.15) is 4.90 Å². The van der Waals surface area contributed by atoms with E-state index in [2.05, 4.69) is 32.9 Å². The first kappa shape index (κ1) is 17.4. The van der Waals surface area contributed by atoms with Crippen molar-refractivity contribution in [3.63, 3.8) is 0 Å². The molecule has 1 aliphatic rings. The van der Waals surface area contributed by atoms with Crippen LogP contribution in [0.1, 0.15) is 24.6 Å². The van der Waals surface area contributed by atoms with E-state index in [1.165, 1.54) is 11.3 Å². The highest BCUT2D eigenvalue weighted by Crippen LogP contribution is 2.32. The van der Waals surface area contributed by atoms with Crippen molar-refractivity contribution in [3.8, 4) is 0 Å². The van der Waals surface area contributed by atoms with Gasteiger partial charge in [0.2, 0.25) is 10.0 Å². The molecule has 120 valence electrons. The van der Waals surface area contributed by atoms with E-state index in [-0.39, 0.29) is 12.0 Å². The first-order valence-electron chi connectivity index (χ1n) is 7.02. The number of sulfonamides is 1. The second kappa shape index (κ2) is 7.52. The monoisotopic (exact) mass is 396 g/mol. The number of ether oxygens (including phenoxy) is 1. The Hall–Kier alpha value is 0.01000. The molecular formula is C13H21BrN2O3S2. The summed E-state index contributed by atoms with van der Waals surface area (Å²) in [6, 6.07) is 1.72. The van der Waals surface area contributed by atoms with Crippen molar-refractivity contribution < 1.29 is 13.2 Å². The molecule has 1 aromatic heterocycles. The Labute approximate surface area is 138 Å². The van der Waals surface area contributed by atoms with Crippen LogP contribution in [0.2, 0.25) is 0 Å². The molecule has 0 saturated carbocycles. The zero-order valence-corrected chi connectivity index (χ0v) is 15.4. The van der Waals surface area contributed by atoms with Gasteiger partial charge in [-0.3, -0.25) is 0 Å². The van der Waals surface area contributed by atoms with Gasteiger partial charge in [-0.05, 0) is 41.9 Å². The maximum atomic E-state index is 12.4. The van der Waals surface area contributed by atoms with Crippen LogP contribution in [-0.2, 0) is 21.3 Å². The molecule has 0 amide bonds. The fourth-order valence-electron chi connectivity index (χ4n) is 2.51. The summed E-state index contributed by atoms with van der Waals surface area (Å²) in [5.41, 5.74) is 0. The van der Waals surface area contributed by atoms with Gasteiger partial charge in [-0.25, -0.2) is 13.1 Å². The number of rotatable bonds is 7. The predicted octanol–water partition coefficient (Wildman–Crippen LogP) is 2.32. The normalized spacial score (nSPS) is 22.8. The van der Waals surface area contributed by atoms with Gasteiger partial charge >= 0.3 is 0 Å². The van der Waals surface area contributed by atoms with E-state index in [0.29, 0.717) is 21.8 Å². The number of nitrogens with one attached hydrogen (secondary N) is 2. The predicted molar refractivity (Wildman–Crippen MR) is 88.1 cm³/mol. The molecule has 1 fully saturated rings. The standard InChI is InChI=1S/C13H21BrN2O3S2/c1-3-11-9(4-5-19-11)7-16-21(17,18)12-6-10(8-15-2)20-13(12)14/h6,9,11,15-16H,3-5,7-8H2,1-2H3. The molecule has 2 atom stereocenters. The van der Waals surface area contributed by atoms with Crippen LogP contribution in [0.4, 0.5) is 0 Å². The van der Waals surface area contributed by atoms with Gasteiger partial charge in [0, 0.05) is 30.5 Å². The third kappa shape index (κ3) is 4.27. The molecule has 1 aliphatic heterocycles. The average Bonchev–Trinajstić information content (AvgIpc) is 3.03. The zero-order chi connectivity index (χ0) is 15.5. The third-order valence-corrected chi connectivity index (χ3v) is 7.31. The van der Waals surface area contributed by atoms with Gasteiger partial charge in [0.15, 0.2) is 0 Å². The summed E-state index contributed by atoms with van der Waals surface area (Å²) in [7, 11) is -1.64. The van der Waals surface area contributed by atoms with Crippen molar-refractivity contribution in [2.45, 2.75) is 37.3 Å². The minimum Gasteiger partial charge on any atom is -0.378 e. The molecule has 8 heteroatoms. The third-order valence-electron chi connectivity index (χ3n) is 3.63. The van der Waals surface area contributed by atoms with Crippen molar-refractivity contribution >= 4 is 37.3 Å². The van der Waals surface area contributed by atoms with Gasteiger partial charge in [0.05, 0.1) is 9.89 Å². The fourth-order valence-corrected chi connectivity index (χ4v) is 6.30. The van der Waals surface area contributed by atoms with Crippen LogP contribution < -0.4 is 10.0 Å². The van der Waals surface area contributed by atoms with E-state index in [0.717, 1.165) is 24.3 Å². The molecule has 2 rings (SSSR count). The highest BCUT2D eigenvalue weighted by atomic mass is 79.9. The molecule has 2 N–H and O–H groups in total. The lowest BCUT2D eigenvalue weighted by atomic mass is 10.0. The van der Waals surface area contributed by atoms with Crippen LogP contribution in [0.15, 0.2) is 14.7 Å². The maximum absolute atomic E-state index is 12.4. The smallest absolute Gasteiger partial charge is 0.242 e. The summed E-state index contributed by atoms with van der Waals surface area (Å²) < 4.78 is 33.8. The Balaban J connectivity index is 2.04. The van der Waals surface area contributed by atoms with E-state index in [9.17, 15) is 8.42 Å². The number of hydrogen-bond donors (Lipinski definition) is 2. The van der Waals surface area contributed by atoms with Crippen LogP contribution in [0, 0.1) is 5.92 Å². The summed E-state index contributed by atoms with van der Waals surface area (Å²) in [6.45, 7) is 3.88. The summed E-state index contributed by atoms with van der Waals surface area (Å²) >= 11 is 4.79. The van der Waals surface area contributed by atoms with Crippen molar-refractivity contribution in [2.75, 3.05) is 20.2 Å². The summed E-state index contributed by atoms with van der Waals surface area (Å²) in [5, 5.41) is 3.02. The quantitative estimate of drug-likeness (QED) is 0.741. The van der Waals surface area contributed by atoms with E-state index in [1.807, 2.05) is 7.05 Å². The number of hydrogen-bond acceptors (Lipinski definition) is 5.